The third kappa shape index (κ3) is 3.81. The Hall–Kier alpha value is -3.19. The lowest BCUT2D eigenvalue weighted by atomic mass is 10.0. The summed E-state index contributed by atoms with van der Waals surface area (Å²) in [5.74, 6) is -0.234. The minimum Gasteiger partial charge on any atom is -0.408 e. The highest BCUT2D eigenvalue weighted by Crippen LogP contribution is 2.31. The fourth-order valence-electron chi connectivity index (χ4n) is 4.36. The quantitative estimate of drug-likeness (QED) is 0.477. The molecule has 1 saturated heterocycles. The average Bonchev–Trinajstić information content (AvgIpc) is 3.32. The summed E-state index contributed by atoms with van der Waals surface area (Å²) < 4.78 is 7.13. The van der Waals surface area contributed by atoms with Crippen LogP contribution in [0.15, 0.2) is 63.8 Å². The number of carbonyl (C=O) groups is 1. The first-order valence-electron chi connectivity index (χ1n) is 10.5. The van der Waals surface area contributed by atoms with Crippen molar-refractivity contribution in [2.45, 2.75) is 32.2 Å². The number of rotatable bonds is 4. The van der Waals surface area contributed by atoms with E-state index in [0.717, 1.165) is 39.5 Å². The minimum absolute atomic E-state index is 0.0431. The summed E-state index contributed by atoms with van der Waals surface area (Å²) in [6.07, 6.45) is 1.77. The third-order valence-corrected chi connectivity index (χ3v) is 6.92. The fourth-order valence-corrected chi connectivity index (χ4v) is 5.30. The molecule has 0 bridgehead atoms. The zero-order chi connectivity index (χ0) is 21.4. The summed E-state index contributed by atoms with van der Waals surface area (Å²) in [5.41, 5.74) is 3.37. The average molecular weight is 434 g/mol. The van der Waals surface area contributed by atoms with E-state index in [1.165, 1.54) is 0 Å². The van der Waals surface area contributed by atoms with Crippen LogP contribution in [-0.2, 0) is 11.2 Å². The molecule has 0 N–H and O–H groups in total. The summed E-state index contributed by atoms with van der Waals surface area (Å²) in [5, 5.41) is 0.964. The Morgan fingerprint density at radius 2 is 1.81 bits per heavy atom. The van der Waals surface area contributed by atoms with Crippen LogP contribution >= 0.6 is 11.3 Å². The van der Waals surface area contributed by atoms with Gasteiger partial charge in [0.25, 0.3) is 0 Å². The lowest BCUT2D eigenvalue weighted by Crippen LogP contribution is -2.41. The van der Waals surface area contributed by atoms with Crippen molar-refractivity contribution in [3.8, 4) is 10.4 Å². The van der Waals surface area contributed by atoms with Crippen LogP contribution in [0.3, 0.4) is 0 Å². The second kappa shape index (κ2) is 8.15. The maximum Gasteiger partial charge on any atom is 0.420 e. The highest BCUT2D eigenvalue weighted by molar-refractivity contribution is 7.15. The second-order valence-electron chi connectivity index (χ2n) is 7.87. The van der Waals surface area contributed by atoms with Gasteiger partial charge >= 0.3 is 5.76 Å². The van der Waals surface area contributed by atoms with Gasteiger partial charge < -0.3 is 9.32 Å². The van der Waals surface area contributed by atoms with Crippen LogP contribution in [0.1, 0.15) is 29.6 Å². The van der Waals surface area contributed by atoms with E-state index in [-0.39, 0.29) is 17.7 Å². The predicted molar refractivity (Wildman–Crippen MR) is 121 cm³/mol. The summed E-state index contributed by atoms with van der Waals surface area (Å²) in [6, 6.07) is 17.6. The molecule has 1 amide bonds. The number of para-hydroxylation sites is 2. The number of aromatic nitrogens is 2. The van der Waals surface area contributed by atoms with Gasteiger partial charge in [-0.2, -0.15) is 0 Å². The molecule has 0 radical (unpaired) electrons. The Morgan fingerprint density at radius 1 is 1.10 bits per heavy atom. The molecule has 1 aliphatic heterocycles. The van der Waals surface area contributed by atoms with Crippen LogP contribution in [-0.4, -0.2) is 33.4 Å². The van der Waals surface area contributed by atoms with Gasteiger partial charge in [0, 0.05) is 19.1 Å². The number of thiazole rings is 1. The number of hydrogen-bond acceptors (Lipinski definition) is 5. The van der Waals surface area contributed by atoms with Crippen LogP contribution in [0.5, 0.6) is 0 Å². The number of likely N-dealkylation sites (tertiary alicyclic amines) is 1. The maximum atomic E-state index is 13.0. The summed E-state index contributed by atoms with van der Waals surface area (Å²) in [4.78, 5) is 33.0. The Labute approximate surface area is 183 Å². The molecule has 4 aromatic rings. The molecule has 2 aromatic heterocycles. The Balaban J connectivity index is 1.29. The monoisotopic (exact) mass is 433 g/mol. The number of benzene rings is 2. The molecule has 0 saturated carbocycles. The van der Waals surface area contributed by atoms with E-state index in [2.05, 4.69) is 17.1 Å². The molecule has 0 atom stereocenters. The number of aryl methyl sites for hydroxylation is 1. The van der Waals surface area contributed by atoms with Crippen molar-refractivity contribution in [3.63, 3.8) is 0 Å². The van der Waals surface area contributed by atoms with Gasteiger partial charge in [0.15, 0.2) is 5.58 Å². The van der Waals surface area contributed by atoms with Crippen molar-refractivity contribution < 1.29 is 9.21 Å². The Morgan fingerprint density at radius 3 is 2.58 bits per heavy atom. The summed E-state index contributed by atoms with van der Waals surface area (Å²) >= 11 is 1.63. The largest absolute Gasteiger partial charge is 0.420 e. The highest BCUT2D eigenvalue weighted by Gasteiger charge is 2.27. The lowest BCUT2D eigenvalue weighted by molar-refractivity contribution is -0.131. The van der Waals surface area contributed by atoms with Gasteiger partial charge in [-0.3, -0.25) is 9.36 Å². The van der Waals surface area contributed by atoms with Crippen molar-refractivity contribution in [2.75, 3.05) is 13.1 Å². The molecule has 1 aliphatic rings. The van der Waals surface area contributed by atoms with E-state index in [0.29, 0.717) is 25.1 Å². The number of amides is 1. The zero-order valence-corrected chi connectivity index (χ0v) is 18.1. The number of fused-ring (bicyclic) bond motifs is 1. The Kier molecular flexibility index (Phi) is 5.19. The van der Waals surface area contributed by atoms with E-state index in [1.807, 2.05) is 54.3 Å². The molecule has 0 aliphatic carbocycles. The second-order valence-corrected chi connectivity index (χ2v) is 9.07. The number of hydrogen-bond donors (Lipinski definition) is 0. The predicted octanol–water partition coefficient (Wildman–Crippen LogP) is 4.43. The first-order chi connectivity index (χ1) is 15.1. The van der Waals surface area contributed by atoms with Crippen LogP contribution < -0.4 is 5.76 Å². The number of piperidine rings is 1. The summed E-state index contributed by atoms with van der Waals surface area (Å²) in [7, 11) is 0. The molecule has 2 aromatic carbocycles. The molecule has 0 spiro atoms. The normalized spacial score (nSPS) is 14.9. The minimum atomic E-state index is -0.323. The van der Waals surface area contributed by atoms with E-state index >= 15 is 0 Å². The SMILES string of the molecule is Cc1nc(CC(=O)N2CCC(n3c(=O)oc4ccccc43)CC2)c(-c2ccccc2)s1. The molecule has 1 fully saturated rings. The van der Waals surface area contributed by atoms with E-state index in [1.54, 1.807) is 15.9 Å². The molecule has 31 heavy (non-hydrogen) atoms. The van der Waals surface area contributed by atoms with E-state index in [9.17, 15) is 9.59 Å². The molecular formula is C24H23N3O3S. The van der Waals surface area contributed by atoms with Gasteiger partial charge in [0.05, 0.1) is 27.5 Å². The molecule has 158 valence electrons. The van der Waals surface area contributed by atoms with Crippen molar-refractivity contribution >= 4 is 28.3 Å². The standard InChI is InChI=1S/C24H23N3O3S/c1-16-25-19(23(31-16)17-7-3-2-4-8-17)15-22(28)26-13-11-18(12-14-26)27-20-9-5-6-10-21(20)30-24(27)29/h2-10,18H,11-15H2,1H3. The number of nitrogens with zero attached hydrogens (tertiary/aromatic N) is 3. The first kappa shape index (κ1) is 19.8. The van der Waals surface area contributed by atoms with E-state index in [4.69, 9.17) is 4.42 Å². The maximum absolute atomic E-state index is 13.0. The number of carbonyl (C=O) groups excluding carboxylic acids is 1. The molecular weight excluding hydrogens is 410 g/mol. The zero-order valence-electron chi connectivity index (χ0n) is 17.3. The molecule has 6 nitrogen and oxygen atoms in total. The van der Waals surface area contributed by atoms with Gasteiger partial charge in [-0.25, -0.2) is 9.78 Å². The molecule has 7 heteroatoms. The van der Waals surface area contributed by atoms with Crippen LogP contribution in [0.4, 0.5) is 0 Å². The Bertz CT molecular complexity index is 1280. The van der Waals surface area contributed by atoms with Gasteiger partial charge in [-0.1, -0.05) is 42.5 Å². The van der Waals surface area contributed by atoms with Gasteiger partial charge in [0.1, 0.15) is 0 Å². The third-order valence-electron chi connectivity index (χ3n) is 5.86. The van der Waals surface area contributed by atoms with Crippen molar-refractivity contribution in [2.24, 2.45) is 0 Å². The van der Waals surface area contributed by atoms with E-state index < -0.39 is 0 Å². The smallest absolute Gasteiger partial charge is 0.408 e. The van der Waals surface area contributed by atoms with Crippen molar-refractivity contribution in [1.82, 2.24) is 14.5 Å². The number of oxazole rings is 1. The van der Waals surface area contributed by atoms with Crippen LogP contribution in [0, 0.1) is 6.92 Å². The fraction of sp³-hybridized carbons (Fsp3) is 0.292. The van der Waals surface area contributed by atoms with Gasteiger partial charge in [-0.05, 0) is 37.5 Å². The van der Waals surface area contributed by atoms with Gasteiger partial charge in [0.2, 0.25) is 5.91 Å². The molecule has 3 heterocycles. The topological polar surface area (TPSA) is 68.3 Å². The van der Waals surface area contributed by atoms with Crippen molar-refractivity contribution in [3.05, 3.63) is 75.8 Å². The van der Waals surface area contributed by atoms with Crippen LogP contribution in [0.25, 0.3) is 21.5 Å². The molecule has 0 unspecified atom stereocenters. The van der Waals surface area contributed by atoms with Crippen LogP contribution in [0.2, 0.25) is 0 Å². The van der Waals surface area contributed by atoms with Crippen molar-refractivity contribution in [1.29, 1.82) is 0 Å². The van der Waals surface area contributed by atoms with Gasteiger partial charge in [-0.15, -0.1) is 11.3 Å². The molecule has 5 rings (SSSR count). The highest BCUT2D eigenvalue weighted by atomic mass is 32.1. The first-order valence-corrected chi connectivity index (χ1v) is 11.3. The summed E-state index contributed by atoms with van der Waals surface area (Å²) in [6.45, 7) is 3.22. The lowest BCUT2D eigenvalue weighted by Gasteiger charge is -2.32.